The van der Waals surface area contributed by atoms with Crippen LogP contribution in [0.25, 0.3) is 0 Å². The number of aryl methyl sites for hydroxylation is 2. The molecular formula is C18H21N3O2S. The van der Waals surface area contributed by atoms with E-state index in [2.05, 4.69) is 15.6 Å². The molecule has 6 heteroatoms. The maximum atomic E-state index is 12.1. The van der Waals surface area contributed by atoms with Crippen LogP contribution in [0.3, 0.4) is 0 Å². The lowest BCUT2D eigenvalue weighted by atomic mass is 9.90. The summed E-state index contributed by atoms with van der Waals surface area (Å²) >= 11 is 1.61. The number of ketones is 1. The minimum absolute atomic E-state index is 0.160. The molecule has 0 saturated carbocycles. The van der Waals surface area contributed by atoms with Crippen LogP contribution in [0.1, 0.15) is 52.3 Å². The number of hydrogen-bond donors (Lipinski definition) is 2. The van der Waals surface area contributed by atoms with Crippen LogP contribution in [0.2, 0.25) is 0 Å². The molecule has 1 aromatic heterocycles. The van der Waals surface area contributed by atoms with Gasteiger partial charge >= 0.3 is 6.03 Å². The van der Waals surface area contributed by atoms with Crippen LogP contribution < -0.4 is 10.6 Å². The molecule has 24 heavy (non-hydrogen) atoms. The van der Waals surface area contributed by atoms with Crippen LogP contribution in [-0.2, 0) is 6.42 Å². The first kappa shape index (κ1) is 16.6. The molecular weight excluding hydrogens is 322 g/mol. The van der Waals surface area contributed by atoms with E-state index >= 15 is 0 Å². The third-order valence-corrected chi connectivity index (χ3v) is 5.34. The monoisotopic (exact) mass is 343 g/mol. The number of carbonyl (C=O) groups excluding carboxylic acids is 2. The summed E-state index contributed by atoms with van der Waals surface area (Å²) in [4.78, 5) is 28.5. The summed E-state index contributed by atoms with van der Waals surface area (Å²) in [6.07, 6.45) is 2.43. The average Bonchev–Trinajstić information content (AvgIpc) is 3.00. The van der Waals surface area contributed by atoms with Crippen molar-refractivity contribution in [2.75, 3.05) is 11.9 Å². The molecule has 1 aliphatic carbocycles. The Bertz CT molecular complexity index is 769. The molecule has 2 aromatic rings. The molecule has 2 amide bonds. The largest absolute Gasteiger partial charge is 0.337 e. The standard InChI is InChI=1S/C18H21N3O2S/c1-11(17-20-12(2)10-24-17)9-19-18(23)21-14-7-6-13-4-3-5-16(22)15(13)8-14/h6-8,10-11H,3-5,9H2,1-2H3,(H2,19,21,23). The smallest absolute Gasteiger partial charge is 0.319 e. The number of thiazole rings is 1. The van der Waals surface area contributed by atoms with Gasteiger partial charge in [0.25, 0.3) is 0 Å². The molecule has 1 atom stereocenters. The molecule has 5 nitrogen and oxygen atoms in total. The number of amides is 2. The Morgan fingerprint density at radius 1 is 1.38 bits per heavy atom. The fourth-order valence-corrected chi connectivity index (χ4v) is 3.67. The first-order chi connectivity index (χ1) is 11.5. The van der Waals surface area contributed by atoms with Gasteiger partial charge in [0.05, 0.1) is 5.01 Å². The van der Waals surface area contributed by atoms with Gasteiger partial charge in [0.2, 0.25) is 0 Å². The molecule has 1 aliphatic rings. The Balaban J connectivity index is 1.57. The maximum Gasteiger partial charge on any atom is 0.319 e. The third kappa shape index (κ3) is 3.82. The van der Waals surface area contributed by atoms with Crippen molar-refractivity contribution in [2.45, 2.75) is 39.0 Å². The zero-order valence-electron chi connectivity index (χ0n) is 13.9. The molecule has 0 aliphatic heterocycles. The van der Waals surface area contributed by atoms with E-state index in [4.69, 9.17) is 0 Å². The predicted molar refractivity (Wildman–Crippen MR) is 96.0 cm³/mol. The summed E-state index contributed by atoms with van der Waals surface area (Å²) in [7, 11) is 0. The maximum absolute atomic E-state index is 12.1. The van der Waals surface area contributed by atoms with Gasteiger partial charge in [-0.25, -0.2) is 9.78 Å². The van der Waals surface area contributed by atoms with Gasteiger partial charge in [0.1, 0.15) is 0 Å². The Morgan fingerprint density at radius 3 is 2.96 bits per heavy atom. The number of nitrogens with zero attached hydrogens (tertiary/aromatic N) is 1. The van der Waals surface area contributed by atoms with E-state index in [-0.39, 0.29) is 17.7 Å². The van der Waals surface area contributed by atoms with Crippen LogP contribution >= 0.6 is 11.3 Å². The van der Waals surface area contributed by atoms with E-state index in [1.54, 1.807) is 17.4 Å². The molecule has 0 saturated heterocycles. The van der Waals surface area contributed by atoms with Crippen LogP contribution in [0, 0.1) is 6.92 Å². The van der Waals surface area contributed by atoms with Gasteiger partial charge in [0.15, 0.2) is 5.78 Å². The van der Waals surface area contributed by atoms with Crippen molar-refractivity contribution in [3.05, 3.63) is 45.4 Å². The fourth-order valence-electron chi connectivity index (χ4n) is 2.81. The number of hydrogen-bond acceptors (Lipinski definition) is 4. The molecule has 1 unspecified atom stereocenters. The predicted octanol–water partition coefficient (Wildman–Crippen LogP) is 3.90. The lowest BCUT2D eigenvalue weighted by Gasteiger charge is -2.16. The summed E-state index contributed by atoms with van der Waals surface area (Å²) in [5, 5.41) is 8.70. The highest BCUT2D eigenvalue weighted by Crippen LogP contribution is 2.24. The molecule has 1 aromatic carbocycles. The normalized spacial score (nSPS) is 14.8. The molecule has 1 heterocycles. The van der Waals surface area contributed by atoms with E-state index in [1.165, 1.54) is 0 Å². The quantitative estimate of drug-likeness (QED) is 0.884. The van der Waals surface area contributed by atoms with Crippen molar-refractivity contribution in [3.63, 3.8) is 0 Å². The van der Waals surface area contributed by atoms with Gasteiger partial charge < -0.3 is 10.6 Å². The Morgan fingerprint density at radius 2 is 2.21 bits per heavy atom. The lowest BCUT2D eigenvalue weighted by Crippen LogP contribution is -2.31. The molecule has 2 N–H and O–H groups in total. The Kier molecular flexibility index (Phi) is 4.94. The van der Waals surface area contributed by atoms with Gasteiger partial charge in [-0.05, 0) is 37.5 Å². The van der Waals surface area contributed by atoms with Crippen LogP contribution in [0.15, 0.2) is 23.6 Å². The Labute approximate surface area is 145 Å². The number of benzene rings is 1. The number of fused-ring (bicyclic) bond motifs is 1. The second-order valence-electron chi connectivity index (χ2n) is 6.21. The number of carbonyl (C=O) groups is 2. The summed E-state index contributed by atoms with van der Waals surface area (Å²) in [6, 6.07) is 5.30. The van der Waals surface area contributed by atoms with Crippen molar-refractivity contribution < 1.29 is 9.59 Å². The Hall–Kier alpha value is -2.21. The van der Waals surface area contributed by atoms with E-state index in [9.17, 15) is 9.59 Å². The molecule has 3 rings (SSSR count). The summed E-state index contributed by atoms with van der Waals surface area (Å²) in [5.74, 6) is 0.327. The first-order valence-electron chi connectivity index (χ1n) is 8.16. The number of anilines is 1. The van der Waals surface area contributed by atoms with Gasteiger partial charge in [-0.2, -0.15) is 0 Å². The fraction of sp³-hybridized carbons (Fsp3) is 0.389. The third-order valence-electron chi connectivity index (χ3n) is 4.15. The van der Waals surface area contributed by atoms with Crippen molar-refractivity contribution in [1.29, 1.82) is 0 Å². The number of rotatable bonds is 4. The summed E-state index contributed by atoms with van der Waals surface area (Å²) in [5.41, 5.74) is 3.47. The van der Waals surface area contributed by atoms with Crippen molar-refractivity contribution >= 4 is 28.8 Å². The van der Waals surface area contributed by atoms with E-state index < -0.39 is 0 Å². The van der Waals surface area contributed by atoms with Crippen molar-refractivity contribution in [1.82, 2.24) is 10.3 Å². The van der Waals surface area contributed by atoms with Gasteiger partial charge in [-0.3, -0.25) is 4.79 Å². The van der Waals surface area contributed by atoms with E-state index in [0.29, 0.717) is 18.7 Å². The molecule has 126 valence electrons. The van der Waals surface area contributed by atoms with Crippen molar-refractivity contribution in [3.8, 4) is 0 Å². The molecule has 0 bridgehead atoms. The lowest BCUT2D eigenvalue weighted by molar-refractivity contribution is 0.0972. The van der Waals surface area contributed by atoms with Gasteiger partial charge in [-0.1, -0.05) is 13.0 Å². The van der Waals surface area contributed by atoms with Crippen LogP contribution in [0.4, 0.5) is 10.5 Å². The average molecular weight is 343 g/mol. The number of aromatic nitrogens is 1. The zero-order valence-corrected chi connectivity index (χ0v) is 14.7. The highest BCUT2D eigenvalue weighted by molar-refractivity contribution is 7.09. The molecule has 0 spiro atoms. The second kappa shape index (κ2) is 7.13. The van der Waals surface area contributed by atoms with Crippen LogP contribution in [-0.4, -0.2) is 23.3 Å². The number of Topliss-reactive ketones (excluding diaryl/α,β-unsaturated/α-hetero) is 1. The molecule has 0 fully saturated rings. The van der Waals surface area contributed by atoms with Gasteiger partial charge in [0, 0.05) is 41.2 Å². The highest BCUT2D eigenvalue weighted by Gasteiger charge is 2.18. The summed E-state index contributed by atoms with van der Waals surface area (Å²) in [6.45, 7) is 4.52. The minimum atomic E-state index is -0.265. The zero-order chi connectivity index (χ0) is 17.1. The first-order valence-corrected chi connectivity index (χ1v) is 9.04. The van der Waals surface area contributed by atoms with E-state index in [0.717, 1.165) is 34.7 Å². The van der Waals surface area contributed by atoms with Gasteiger partial charge in [-0.15, -0.1) is 11.3 Å². The topological polar surface area (TPSA) is 71.1 Å². The summed E-state index contributed by atoms with van der Waals surface area (Å²) < 4.78 is 0. The van der Waals surface area contributed by atoms with Crippen LogP contribution in [0.5, 0.6) is 0 Å². The van der Waals surface area contributed by atoms with Crippen molar-refractivity contribution in [2.24, 2.45) is 0 Å². The SMILES string of the molecule is Cc1csc(C(C)CNC(=O)Nc2ccc3c(c2)C(=O)CCC3)n1. The number of urea groups is 1. The molecule has 0 radical (unpaired) electrons. The second-order valence-corrected chi connectivity index (χ2v) is 7.10. The van der Waals surface area contributed by atoms with E-state index in [1.807, 2.05) is 31.4 Å². The highest BCUT2D eigenvalue weighted by atomic mass is 32.1. The number of nitrogens with one attached hydrogen (secondary N) is 2. The minimum Gasteiger partial charge on any atom is -0.337 e.